The van der Waals surface area contributed by atoms with Gasteiger partial charge in [0.05, 0.1) is 17.8 Å². The third-order valence-corrected chi connectivity index (χ3v) is 3.70. The highest BCUT2D eigenvalue weighted by molar-refractivity contribution is 7.11. The topological polar surface area (TPSA) is 47.0 Å². The van der Waals surface area contributed by atoms with Crippen LogP contribution in [0.15, 0.2) is 18.3 Å². The van der Waals surface area contributed by atoms with E-state index in [0.29, 0.717) is 5.88 Å². The SMILES string of the molecule is COc1cc(CNCc2sc(C)nc2C)ccn1. The van der Waals surface area contributed by atoms with Gasteiger partial charge in [0.15, 0.2) is 0 Å². The summed E-state index contributed by atoms with van der Waals surface area (Å²) in [6.45, 7) is 5.74. The highest BCUT2D eigenvalue weighted by Gasteiger charge is 2.04. The zero-order chi connectivity index (χ0) is 13.0. The Morgan fingerprint density at radius 3 is 2.83 bits per heavy atom. The summed E-state index contributed by atoms with van der Waals surface area (Å²) in [6, 6.07) is 3.93. The fraction of sp³-hybridized carbons (Fsp3) is 0.385. The first-order chi connectivity index (χ1) is 8.69. The number of thiazole rings is 1. The summed E-state index contributed by atoms with van der Waals surface area (Å²) in [6.07, 6.45) is 1.76. The van der Waals surface area contributed by atoms with Crippen LogP contribution in [0.5, 0.6) is 5.88 Å². The van der Waals surface area contributed by atoms with E-state index >= 15 is 0 Å². The van der Waals surface area contributed by atoms with Gasteiger partial charge in [0.25, 0.3) is 0 Å². The van der Waals surface area contributed by atoms with Crippen molar-refractivity contribution in [2.24, 2.45) is 0 Å². The smallest absolute Gasteiger partial charge is 0.213 e. The molecule has 1 N–H and O–H groups in total. The number of aryl methyl sites for hydroxylation is 2. The van der Waals surface area contributed by atoms with Gasteiger partial charge in [-0.25, -0.2) is 9.97 Å². The Morgan fingerprint density at radius 2 is 2.17 bits per heavy atom. The van der Waals surface area contributed by atoms with Gasteiger partial charge >= 0.3 is 0 Å². The zero-order valence-electron chi connectivity index (χ0n) is 10.9. The molecule has 0 bridgehead atoms. The molecule has 0 saturated heterocycles. The van der Waals surface area contributed by atoms with Crippen LogP contribution < -0.4 is 10.1 Å². The second-order valence-electron chi connectivity index (χ2n) is 4.05. The zero-order valence-corrected chi connectivity index (χ0v) is 11.7. The Bertz CT molecular complexity index is 525. The molecule has 0 aliphatic rings. The Kier molecular flexibility index (Phi) is 4.28. The fourth-order valence-corrected chi connectivity index (χ4v) is 2.64. The minimum atomic E-state index is 0.652. The van der Waals surface area contributed by atoms with Crippen LogP contribution in [0, 0.1) is 13.8 Å². The van der Waals surface area contributed by atoms with Crippen molar-refractivity contribution in [1.29, 1.82) is 0 Å². The number of hydrogen-bond acceptors (Lipinski definition) is 5. The van der Waals surface area contributed by atoms with Crippen molar-refractivity contribution < 1.29 is 4.74 Å². The normalized spacial score (nSPS) is 10.6. The molecule has 0 saturated carbocycles. The lowest BCUT2D eigenvalue weighted by atomic mass is 10.2. The summed E-state index contributed by atoms with van der Waals surface area (Å²) < 4.78 is 5.10. The molecule has 18 heavy (non-hydrogen) atoms. The molecule has 2 aromatic rings. The maximum Gasteiger partial charge on any atom is 0.213 e. The predicted molar refractivity (Wildman–Crippen MR) is 72.9 cm³/mol. The molecule has 2 aromatic heterocycles. The van der Waals surface area contributed by atoms with Crippen LogP contribution in [0.1, 0.15) is 21.1 Å². The van der Waals surface area contributed by atoms with Gasteiger partial charge in [-0.2, -0.15) is 0 Å². The maximum absolute atomic E-state index is 5.10. The average molecular weight is 263 g/mol. The Morgan fingerprint density at radius 1 is 1.33 bits per heavy atom. The first-order valence-corrected chi connectivity index (χ1v) is 6.63. The van der Waals surface area contributed by atoms with E-state index in [1.807, 2.05) is 19.1 Å². The molecular formula is C13H17N3OS. The maximum atomic E-state index is 5.10. The second kappa shape index (κ2) is 5.93. The molecule has 2 heterocycles. The molecule has 5 heteroatoms. The van der Waals surface area contributed by atoms with Gasteiger partial charge in [0.1, 0.15) is 0 Å². The van der Waals surface area contributed by atoms with Crippen LogP contribution in [-0.4, -0.2) is 17.1 Å². The largest absolute Gasteiger partial charge is 0.481 e. The first kappa shape index (κ1) is 13.0. The lowest BCUT2D eigenvalue weighted by Crippen LogP contribution is -2.12. The lowest BCUT2D eigenvalue weighted by molar-refractivity contribution is 0.397. The number of hydrogen-bond donors (Lipinski definition) is 1. The molecule has 0 atom stereocenters. The van der Waals surface area contributed by atoms with E-state index in [0.717, 1.165) is 23.8 Å². The van der Waals surface area contributed by atoms with Crippen molar-refractivity contribution in [3.8, 4) is 5.88 Å². The van der Waals surface area contributed by atoms with Gasteiger partial charge < -0.3 is 10.1 Å². The standard InChI is InChI=1S/C13H17N3OS/c1-9-12(18-10(2)16-9)8-14-7-11-4-5-15-13(6-11)17-3/h4-6,14H,7-8H2,1-3H3. The number of rotatable bonds is 5. The van der Waals surface area contributed by atoms with E-state index in [1.54, 1.807) is 24.6 Å². The first-order valence-electron chi connectivity index (χ1n) is 5.81. The van der Waals surface area contributed by atoms with Crippen molar-refractivity contribution in [1.82, 2.24) is 15.3 Å². The monoisotopic (exact) mass is 263 g/mol. The highest BCUT2D eigenvalue weighted by atomic mass is 32.1. The van der Waals surface area contributed by atoms with E-state index in [2.05, 4.69) is 22.2 Å². The predicted octanol–water partition coefficient (Wildman–Crippen LogP) is 2.45. The van der Waals surface area contributed by atoms with Gasteiger partial charge in [-0.15, -0.1) is 11.3 Å². The number of nitrogens with zero attached hydrogens (tertiary/aromatic N) is 2. The minimum Gasteiger partial charge on any atom is -0.481 e. The van der Waals surface area contributed by atoms with Crippen LogP contribution in [-0.2, 0) is 13.1 Å². The lowest BCUT2D eigenvalue weighted by Gasteiger charge is -2.05. The third-order valence-electron chi connectivity index (χ3n) is 2.62. The molecule has 4 nitrogen and oxygen atoms in total. The summed E-state index contributed by atoms with van der Waals surface area (Å²) in [7, 11) is 1.63. The molecule has 0 spiro atoms. The average Bonchev–Trinajstić information content (AvgIpc) is 2.68. The van der Waals surface area contributed by atoms with Crippen molar-refractivity contribution >= 4 is 11.3 Å². The Hall–Kier alpha value is -1.46. The van der Waals surface area contributed by atoms with Gasteiger partial charge in [0, 0.05) is 30.2 Å². The van der Waals surface area contributed by atoms with E-state index in [-0.39, 0.29) is 0 Å². The number of aromatic nitrogens is 2. The molecule has 0 radical (unpaired) electrons. The molecule has 0 fully saturated rings. The number of nitrogens with one attached hydrogen (secondary N) is 1. The summed E-state index contributed by atoms with van der Waals surface area (Å²) in [5, 5.41) is 4.53. The van der Waals surface area contributed by atoms with Gasteiger partial charge in [-0.1, -0.05) is 0 Å². The molecule has 0 aliphatic heterocycles. The number of ether oxygens (including phenoxy) is 1. The molecule has 0 aliphatic carbocycles. The van der Waals surface area contributed by atoms with Gasteiger partial charge in [-0.3, -0.25) is 0 Å². The van der Waals surface area contributed by atoms with Crippen LogP contribution in [0.2, 0.25) is 0 Å². The molecule has 0 unspecified atom stereocenters. The van der Waals surface area contributed by atoms with Crippen molar-refractivity contribution in [2.75, 3.05) is 7.11 Å². The van der Waals surface area contributed by atoms with E-state index in [1.165, 1.54) is 10.4 Å². The van der Waals surface area contributed by atoms with Crippen molar-refractivity contribution in [3.63, 3.8) is 0 Å². The molecule has 0 aromatic carbocycles. The van der Waals surface area contributed by atoms with Crippen molar-refractivity contribution in [3.05, 3.63) is 39.5 Å². The van der Waals surface area contributed by atoms with Crippen LogP contribution in [0.25, 0.3) is 0 Å². The van der Waals surface area contributed by atoms with E-state index in [4.69, 9.17) is 4.74 Å². The van der Waals surface area contributed by atoms with Crippen LogP contribution in [0.4, 0.5) is 0 Å². The van der Waals surface area contributed by atoms with Gasteiger partial charge in [-0.05, 0) is 25.5 Å². The minimum absolute atomic E-state index is 0.652. The molecule has 2 rings (SSSR count). The summed E-state index contributed by atoms with van der Waals surface area (Å²) in [5.74, 6) is 0.652. The molecule has 0 amide bonds. The summed E-state index contributed by atoms with van der Waals surface area (Å²) in [5.41, 5.74) is 2.29. The fourth-order valence-electron chi connectivity index (χ4n) is 1.73. The van der Waals surface area contributed by atoms with E-state index in [9.17, 15) is 0 Å². The second-order valence-corrected chi connectivity index (χ2v) is 5.34. The quantitative estimate of drug-likeness (QED) is 0.900. The van der Waals surface area contributed by atoms with Gasteiger partial charge in [0.2, 0.25) is 5.88 Å². The van der Waals surface area contributed by atoms with E-state index < -0.39 is 0 Å². The highest BCUT2D eigenvalue weighted by Crippen LogP contribution is 2.17. The Labute approximate surface area is 111 Å². The van der Waals surface area contributed by atoms with Crippen molar-refractivity contribution in [2.45, 2.75) is 26.9 Å². The van der Waals surface area contributed by atoms with Crippen LogP contribution >= 0.6 is 11.3 Å². The third kappa shape index (κ3) is 3.27. The Balaban J connectivity index is 1.90. The number of pyridine rings is 1. The summed E-state index contributed by atoms with van der Waals surface area (Å²) in [4.78, 5) is 9.80. The molecule has 96 valence electrons. The molecular weight excluding hydrogens is 246 g/mol. The summed E-state index contributed by atoms with van der Waals surface area (Å²) >= 11 is 1.75. The van der Waals surface area contributed by atoms with Crippen LogP contribution in [0.3, 0.4) is 0 Å². The number of methoxy groups -OCH3 is 1.